The average molecular weight is 231 g/mol. The van der Waals surface area contributed by atoms with E-state index >= 15 is 0 Å². The van der Waals surface area contributed by atoms with Crippen molar-refractivity contribution in [3.8, 4) is 0 Å². The lowest BCUT2D eigenvalue weighted by atomic mass is 10.1. The number of aromatic nitrogens is 1. The molecule has 0 unspecified atom stereocenters. The second-order valence-electron chi connectivity index (χ2n) is 3.77. The van der Waals surface area contributed by atoms with Crippen LogP contribution in [0.2, 0.25) is 0 Å². The van der Waals surface area contributed by atoms with Gasteiger partial charge in [-0.2, -0.15) is 0 Å². The first-order valence-corrected chi connectivity index (χ1v) is 6.11. The van der Waals surface area contributed by atoms with Crippen LogP contribution < -0.4 is 0 Å². The Morgan fingerprint density at radius 3 is 2.94 bits per heavy atom. The maximum atomic E-state index is 10.5. The molecule has 0 amide bonds. The zero-order valence-electron chi connectivity index (χ0n) is 9.14. The summed E-state index contributed by atoms with van der Waals surface area (Å²) in [6.07, 6.45) is 2.68. The van der Waals surface area contributed by atoms with Crippen LogP contribution in [-0.2, 0) is 12.8 Å². The number of aryl methyl sites for hydroxylation is 3. The van der Waals surface area contributed by atoms with Gasteiger partial charge in [0, 0.05) is 11.8 Å². The molecule has 0 bridgehead atoms. The first-order chi connectivity index (χ1) is 7.78. The van der Waals surface area contributed by atoms with Crippen molar-refractivity contribution in [3.63, 3.8) is 0 Å². The molecule has 0 aliphatic rings. The van der Waals surface area contributed by atoms with E-state index in [1.807, 2.05) is 0 Å². The van der Waals surface area contributed by atoms with Crippen LogP contribution in [0, 0.1) is 6.92 Å². The predicted molar refractivity (Wildman–Crippen MR) is 66.1 cm³/mol. The number of hydrogen-bond donors (Lipinski definition) is 0. The molecule has 2 rings (SSSR count). The molecule has 0 spiro atoms. The van der Waals surface area contributed by atoms with E-state index in [1.54, 1.807) is 16.7 Å². The summed E-state index contributed by atoms with van der Waals surface area (Å²) in [6, 6.07) is 8.48. The van der Waals surface area contributed by atoms with E-state index in [4.69, 9.17) is 0 Å². The highest BCUT2D eigenvalue weighted by atomic mass is 32.1. The summed E-state index contributed by atoms with van der Waals surface area (Å²) in [5, 5.41) is 2.84. The Balaban J connectivity index is 1.99. The van der Waals surface area contributed by atoms with Gasteiger partial charge < -0.3 is 0 Å². The van der Waals surface area contributed by atoms with Crippen LogP contribution in [-0.4, -0.2) is 11.3 Å². The fourth-order valence-corrected chi connectivity index (χ4v) is 2.36. The lowest BCUT2D eigenvalue weighted by molar-refractivity contribution is 0.111. The Labute approximate surface area is 99.0 Å². The second kappa shape index (κ2) is 5.03. The summed E-state index contributed by atoms with van der Waals surface area (Å²) in [5.41, 5.74) is 3.15. The normalized spacial score (nSPS) is 10.3. The van der Waals surface area contributed by atoms with E-state index in [0.29, 0.717) is 5.69 Å². The van der Waals surface area contributed by atoms with Gasteiger partial charge in [-0.15, -0.1) is 11.3 Å². The zero-order valence-corrected chi connectivity index (χ0v) is 9.96. The average Bonchev–Trinajstić information content (AvgIpc) is 2.74. The molecule has 0 N–H and O–H groups in total. The monoisotopic (exact) mass is 231 g/mol. The number of carbonyl (C=O) groups is 1. The molecule has 16 heavy (non-hydrogen) atoms. The summed E-state index contributed by atoms with van der Waals surface area (Å²) < 4.78 is 0. The fourth-order valence-electron chi connectivity index (χ4n) is 1.61. The lowest BCUT2D eigenvalue weighted by Crippen LogP contribution is -1.91. The number of carbonyl (C=O) groups excluding carboxylic acids is 1. The van der Waals surface area contributed by atoms with E-state index in [1.165, 1.54) is 11.1 Å². The van der Waals surface area contributed by atoms with Gasteiger partial charge in [-0.25, -0.2) is 4.98 Å². The van der Waals surface area contributed by atoms with E-state index in [0.717, 1.165) is 24.1 Å². The van der Waals surface area contributed by atoms with Gasteiger partial charge in [-0.3, -0.25) is 4.79 Å². The van der Waals surface area contributed by atoms with Crippen molar-refractivity contribution in [3.05, 3.63) is 51.5 Å². The van der Waals surface area contributed by atoms with Crippen LogP contribution in [0.1, 0.15) is 26.6 Å². The minimum absolute atomic E-state index is 0.546. The SMILES string of the molecule is Cc1cccc(CCc2nc(C=O)cs2)c1. The molecule has 0 aliphatic carbocycles. The Bertz CT molecular complexity index is 490. The van der Waals surface area contributed by atoms with E-state index in [2.05, 4.69) is 36.2 Å². The Kier molecular flexibility index (Phi) is 3.47. The van der Waals surface area contributed by atoms with Crippen LogP contribution >= 0.6 is 11.3 Å². The van der Waals surface area contributed by atoms with Gasteiger partial charge in [-0.05, 0) is 18.9 Å². The third-order valence-corrected chi connectivity index (χ3v) is 3.33. The van der Waals surface area contributed by atoms with Crippen LogP contribution in [0.3, 0.4) is 0 Å². The highest BCUT2D eigenvalue weighted by molar-refractivity contribution is 7.09. The molecule has 0 saturated heterocycles. The van der Waals surface area contributed by atoms with Crippen molar-refractivity contribution in [1.82, 2.24) is 4.98 Å². The molecule has 0 fully saturated rings. The maximum absolute atomic E-state index is 10.5. The van der Waals surface area contributed by atoms with Crippen molar-refractivity contribution in [2.24, 2.45) is 0 Å². The summed E-state index contributed by atoms with van der Waals surface area (Å²) in [7, 11) is 0. The molecule has 0 aliphatic heterocycles. The molecule has 1 aromatic carbocycles. The van der Waals surface area contributed by atoms with Gasteiger partial charge in [0.2, 0.25) is 0 Å². The maximum Gasteiger partial charge on any atom is 0.169 e. The van der Waals surface area contributed by atoms with E-state index in [-0.39, 0.29) is 0 Å². The highest BCUT2D eigenvalue weighted by Crippen LogP contribution is 2.12. The zero-order chi connectivity index (χ0) is 11.4. The van der Waals surface area contributed by atoms with Crippen LogP contribution in [0.5, 0.6) is 0 Å². The smallest absolute Gasteiger partial charge is 0.169 e. The van der Waals surface area contributed by atoms with Gasteiger partial charge in [0.05, 0.1) is 5.01 Å². The quantitative estimate of drug-likeness (QED) is 0.757. The number of hydrogen-bond acceptors (Lipinski definition) is 3. The molecular formula is C13H13NOS. The fraction of sp³-hybridized carbons (Fsp3) is 0.231. The van der Waals surface area contributed by atoms with Gasteiger partial charge in [0.1, 0.15) is 5.69 Å². The summed E-state index contributed by atoms with van der Waals surface area (Å²) in [4.78, 5) is 14.7. The summed E-state index contributed by atoms with van der Waals surface area (Å²) >= 11 is 1.56. The highest BCUT2D eigenvalue weighted by Gasteiger charge is 2.01. The number of nitrogens with zero attached hydrogens (tertiary/aromatic N) is 1. The molecule has 1 aromatic heterocycles. The Morgan fingerprint density at radius 2 is 2.25 bits per heavy atom. The molecule has 0 radical (unpaired) electrons. The van der Waals surface area contributed by atoms with Crippen molar-refractivity contribution in [2.75, 3.05) is 0 Å². The van der Waals surface area contributed by atoms with Gasteiger partial charge >= 0.3 is 0 Å². The number of rotatable bonds is 4. The molecule has 82 valence electrons. The first kappa shape index (κ1) is 11.0. The van der Waals surface area contributed by atoms with Crippen LogP contribution in [0.15, 0.2) is 29.6 Å². The predicted octanol–water partition coefficient (Wildman–Crippen LogP) is 3.05. The minimum Gasteiger partial charge on any atom is -0.296 e. The minimum atomic E-state index is 0.546. The third-order valence-electron chi connectivity index (χ3n) is 2.40. The molecule has 3 heteroatoms. The standard InChI is InChI=1S/C13H13NOS/c1-10-3-2-4-11(7-10)5-6-13-14-12(8-15)9-16-13/h2-4,7-9H,5-6H2,1H3. The van der Waals surface area contributed by atoms with Crippen LogP contribution in [0.25, 0.3) is 0 Å². The molecular weight excluding hydrogens is 218 g/mol. The van der Waals surface area contributed by atoms with Crippen molar-refractivity contribution in [2.45, 2.75) is 19.8 Å². The number of thiazole rings is 1. The van der Waals surface area contributed by atoms with Gasteiger partial charge in [0.15, 0.2) is 6.29 Å². The second-order valence-corrected chi connectivity index (χ2v) is 4.72. The molecule has 2 aromatic rings. The van der Waals surface area contributed by atoms with Crippen LogP contribution in [0.4, 0.5) is 0 Å². The van der Waals surface area contributed by atoms with E-state index < -0.39 is 0 Å². The molecule has 2 nitrogen and oxygen atoms in total. The molecule has 0 atom stereocenters. The largest absolute Gasteiger partial charge is 0.296 e. The number of benzene rings is 1. The Morgan fingerprint density at radius 1 is 1.38 bits per heavy atom. The van der Waals surface area contributed by atoms with Gasteiger partial charge in [0.25, 0.3) is 0 Å². The van der Waals surface area contributed by atoms with Crippen molar-refractivity contribution >= 4 is 17.6 Å². The summed E-state index contributed by atoms with van der Waals surface area (Å²) in [5.74, 6) is 0. The van der Waals surface area contributed by atoms with Crippen molar-refractivity contribution < 1.29 is 4.79 Å². The number of aldehydes is 1. The first-order valence-electron chi connectivity index (χ1n) is 5.23. The Hall–Kier alpha value is -1.48. The molecule has 1 heterocycles. The topological polar surface area (TPSA) is 30.0 Å². The third kappa shape index (κ3) is 2.76. The summed E-state index contributed by atoms with van der Waals surface area (Å²) in [6.45, 7) is 2.09. The van der Waals surface area contributed by atoms with Crippen molar-refractivity contribution in [1.29, 1.82) is 0 Å². The van der Waals surface area contributed by atoms with E-state index in [9.17, 15) is 4.79 Å². The van der Waals surface area contributed by atoms with Gasteiger partial charge in [-0.1, -0.05) is 29.8 Å². The lowest BCUT2D eigenvalue weighted by Gasteiger charge is -2.00. The molecule has 0 saturated carbocycles.